The van der Waals surface area contributed by atoms with Crippen LogP contribution in [0.15, 0.2) is 36.4 Å². The molecule has 2 aromatic rings. The summed E-state index contributed by atoms with van der Waals surface area (Å²) in [6.45, 7) is 0. The van der Waals surface area contributed by atoms with E-state index in [2.05, 4.69) is 22.1 Å². The maximum Gasteiger partial charge on any atom is 0.323 e. The topological polar surface area (TPSA) is 140 Å². The van der Waals surface area contributed by atoms with Gasteiger partial charge in [-0.1, -0.05) is 23.2 Å². The molecule has 0 saturated carbocycles. The van der Waals surface area contributed by atoms with Crippen molar-refractivity contribution < 1.29 is 19.4 Å². The van der Waals surface area contributed by atoms with E-state index < -0.39 is 12.1 Å². The number of hydrogen-bond donors (Lipinski definition) is 5. The lowest BCUT2D eigenvalue weighted by molar-refractivity contribution is 0.256. The van der Waals surface area contributed by atoms with Crippen LogP contribution in [0.4, 0.5) is 21.0 Å². The molecule has 0 atom stereocenters. The molecular weight excluding hydrogens is 371 g/mol. The summed E-state index contributed by atoms with van der Waals surface area (Å²) in [5.74, 6) is 0.400. The van der Waals surface area contributed by atoms with Crippen LogP contribution in [0.2, 0.25) is 10.0 Å². The fourth-order valence-electron chi connectivity index (χ4n) is 1.60. The van der Waals surface area contributed by atoms with E-state index >= 15 is 0 Å². The zero-order valence-electron chi connectivity index (χ0n) is 13.0. The summed E-state index contributed by atoms with van der Waals surface area (Å²) >= 11 is 11.5. The molecule has 0 saturated heterocycles. The van der Waals surface area contributed by atoms with Gasteiger partial charge in [-0.25, -0.2) is 9.59 Å². The second-order valence-corrected chi connectivity index (χ2v) is 5.25. The van der Waals surface area contributed by atoms with Gasteiger partial charge < -0.3 is 31.9 Å². The molecule has 0 aliphatic rings. The van der Waals surface area contributed by atoms with Gasteiger partial charge in [0.15, 0.2) is 5.75 Å². The van der Waals surface area contributed by atoms with Crippen molar-refractivity contribution in [2.75, 3.05) is 17.7 Å². The molecule has 4 amide bonds. The number of nitrogens with two attached hydrogens (primary N) is 2. The van der Waals surface area contributed by atoms with Gasteiger partial charge in [0.25, 0.3) is 0 Å². The number of carbonyl (C=O) groups excluding carboxylic acids is 2. The van der Waals surface area contributed by atoms with Crippen molar-refractivity contribution >= 4 is 46.6 Å². The van der Waals surface area contributed by atoms with E-state index in [1.165, 1.54) is 12.1 Å². The van der Waals surface area contributed by atoms with E-state index in [4.69, 9.17) is 32.7 Å². The average Bonchev–Trinajstić information content (AvgIpc) is 2.55. The second kappa shape index (κ2) is 9.45. The number of nitrogens with one attached hydrogen (secondary N) is 2. The number of amides is 4. The van der Waals surface area contributed by atoms with E-state index in [9.17, 15) is 9.90 Å². The lowest BCUT2D eigenvalue weighted by Crippen LogP contribution is -2.19. The maximum atomic E-state index is 11.8. The molecule has 0 fully saturated rings. The molecule has 25 heavy (non-hydrogen) atoms. The minimum Gasteiger partial charge on any atom is -0.504 e. The van der Waals surface area contributed by atoms with Gasteiger partial charge in [0.05, 0.1) is 17.8 Å². The molecule has 134 valence electrons. The van der Waals surface area contributed by atoms with Crippen molar-refractivity contribution in [3.05, 3.63) is 46.4 Å². The van der Waals surface area contributed by atoms with Gasteiger partial charge in [-0.2, -0.15) is 0 Å². The highest BCUT2D eigenvalue weighted by atomic mass is 35.5. The summed E-state index contributed by atoms with van der Waals surface area (Å²) in [5.41, 5.74) is 9.24. The summed E-state index contributed by atoms with van der Waals surface area (Å²) in [5, 5.41) is 15.1. The Morgan fingerprint density at radius 2 is 1.60 bits per heavy atom. The van der Waals surface area contributed by atoms with Crippen LogP contribution >= 0.6 is 23.2 Å². The summed E-state index contributed by atoms with van der Waals surface area (Å²) in [7, 11) is 1.56. The maximum absolute atomic E-state index is 11.8. The number of halogens is 2. The van der Waals surface area contributed by atoms with Gasteiger partial charge in [0.1, 0.15) is 10.8 Å². The molecule has 2 aromatic carbocycles. The fourth-order valence-corrected chi connectivity index (χ4v) is 1.92. The smallest absolute Gasteiger partial charge is 0.323 e. The van der Waals surface area contributed by atoms with Crippen LogP contribution in [0.3, 0.4) is 0 Å². The lowest BCUT2D eigenvalue weighted by Gasteiger charge is -2.10. The van der Waals surface area contributed by atoms with E-state index in [0.29, 0.717) is 11.4 Å². The number of phenolic OH excluding ortho intramolecular Hbond substituents is 1. The fraction of sp³-hybridized carbons (Fsp3) is 0.0667. The zero-order chi connectivity index (χ0) is 19.0. The molecule has 8 nitrogen and oxygen atoms in total. The van der Waals surface area contributed by atoms with Gasteiger partial charge >= 0.3 is 12.1 Å². The lowest BCUT2D eigenvalue weighted by atomic mass is 10.3. The SMILES string of the molecule is COc1ccc(NC(=O)Nc2ccc(Cl)c(Cl)c2O)cc1.NC(N)=O. The van der Waals surface area contributed by atoms with Crippen LogP contribution in [0.5, 0.6) is 11.5 Å². The number of urea groups is 2. The minimum atomic E-state index is -0.833. The third-order valence-electron chi connectivity index (χ3n) is 2.67. The van der Waals surface area contributed by atoms with Gasteiger partial charge in [-0.05, 0) is 36.4 Å². The Morgan fingerprint density at radius 1 is 1.04 bits per heavy atom. The number of carbonyl (C=O) groups is 2. The van der Waals surface area contributed by atoms with Gasteiger partial charge in [0.2, 0.25) is 0 Å². The number of rotatable bonds is 3. The van der Waals surface area contributed by atoms with Crippen molar-refractivity contribution in [1.29, 1.82) is 0 Å². The zero-order valence-corrected chi connectivity index (χ0v) is 14.6. The quantitative estimate of drug-likeness (QED) is 0.515. The molecule has 0 aliphatic carbocycles. The van der Waals surface area contributed by atoms with Crippen molar-refractivity contribution in [1.82, 2.24) is 0 Å². The molecule has 10 heteroatoms. The highest BCUT2D eigenvalue weighted by Crippen LogP contribution is 2.37. The number of benzene rings is 2. The van der Waals surface area contributed by atoms with Gasteiger partial charge in [-0.15, -0.1) is 0 Å². The molecule has 7 N–H and O–H groups in total. The summed E-state index contributed by atoms with van der Waals surface area (Å²) in [4.78, 5) is 20.8. The Bertz CT molecular complexity index is 750. The molecular formula is C15H16Cl2N4O4. The van der Waals surface area contributed by atoms with Crippen LogP contribution in [0, 0.1) is 0 Å². The summed E-state index contributed by atoms with van der Waals surface area (Å²) < 4.78 is 5.02. The molecule has 0 unspecified atom stereocenters. The highest BCUT2D eigenvalue weighted by Gasteiger charge is 2.12. The Kier molecular flexibility index (Phi) is 7.64. The first-order chi connectivity index (χ1) is 11.7. The third-order valence-corrected chi connectivity index (χ3v) is 3.46. The Labute approximate surface area is 153 Å². The predicted molar refractivity (Wildman–Crippen MR) is 97.5 cm³/mol. The van der Waals surface area contributed by atoms with E-state index in [1.807, 2.05) is 0 Å². The van der Waals surface area contributed by atoms with Crippen LogP contribution < -0.4 is 26.8 Å². The predicted octanol–water partition coefficient (Wildman–Crippen LogP) is 3.38. The van der Waals surface area contributed by atoms with Crippen molar-refractivity contribution in [2.24, 2.45) is 11.5 Å². The Hall–Kier alpha value is -2.84. The number of ether oxygens (including phenoxy) is 1. The molecule has 2 rings (SSSR count). The van der Waals surface area contributed by atoms with Crippen molar-refractivity contribution in [2.45, 2.75) is 0 Å². The first-order valence-electron chi connectivity index (χ1n) is 6.68. The van der Waals surface area contributed by atoms with Crippen LogP contribution in [-0.4, -0.2) is 24.3 Å². The Morgan fingerprint density at radius 3 is 2.12 bits per heavy atom. The van der Waals surface area contributed by atoms with E-state index in [1.54, 1.807) is 31.4 Å². The highest BCUT2D eigenvalue weighted by molar-refractivity contribution is 6.43. The first-order valence-corrected chi connectivity index (χ1v) is 7.44. The molecule has 0 aliphatic heterocycles. The number of anilines is 2. The van der Waals surface area contributed by atoms with Crippen LogP contribution in [0.25, 0.3) is 0 Å². The summed E-state index contributed by atoms with van der Waals surface area (Å²) in [6, 6.07) is 8.39. The minimum absolute atomic E-state index is 0.0149. The largest absolute Gasteiger partial charge is 0.504 e. The molecule has 0 spiro atoms. The molecule has 0 radical (unpaired) electrons. The second-order valence-electron chi connectivity index (χ2n) is 4.47. The standard InChI is InChI=1S/C14H12Cl2N2O3.CH4N2O/c1-21-9-4-2-8(3-5-9)17-14(20)18-11-7-6-10(15)12(16)13(11)19;2-1(3)4/h2-7,19H,1H3,(H2,17,18,20);(H4,2,3,4). The molecule has 0 heterocycles. The normalized spacial score (nSPS) is 9.40. The number of aromatic hydroxyl groups is 1. The third kappa shape index (κ3) is 6.66. The monoisotopic (exact) mass is 386 g/mol. The number of methoxy groups -OCH3 is 1. The van der Waals surface area contributed by atoms with Gasteiger partial charge in [0, 0.05) is 5.69 Å². The molecule has 0 bridgehead atoms. The van der Waals surface area contributed by atoms with E-state index in [-0.39, 0.29) is 21.5 Å². The number of phenols is 1. The van der Waals surface area contributed by atoms with Crippen LogP contribution in [0.1, 0.15) is 0 Å². The van der Waals surface area contributed by atoms with Crippen LogP contribution in [-0.2, 0) is 0 Å². The Balaban J connectivity index is 0.000000705. The average molecular weight is 387 g/mol. The first kappa shape index (κ1) is 20.2. The van der Waals surface area contributed by atoms with Gasteiger partial charge in [-0.3, -0.25) is 0 Å². The number of hydrogen-bond acceptors (Lipinski definition) is 4. The van der Waals surface area contributed by atoms with E-state index in [0.717, 1.165) is 0 Å². The molecule has 0 aromatic heterocycles. The summed E-state index contributed by atoms with van der Waals surface area (Å²) in [6.07, 6.45) is 0. The number of primary amides is 2. The van der Waals surface area contributed by atoms with Crippen molar-refractivity contribution in [3.63, 3.8) is 0 Å². The van der Waals surface area contributed by atoms with Crippen molar-refractivity contribution in [3.8, 4) is 11.5 Å².